The molecule has 0 radical (unpaired) electrons. The molecule has 3 aromatic rings. The highest BCUT2D eigenvalue weighted by atomic mass is 16.5. The molecule has 1 fully saturated rings. The summed E-state index contributed by atoms with van der Waals surface area (Å²) in [6.45, 7) is 1.46. The van der Waals surface area contributed by atoms with Crippen LogP contribution in [0.25, 0.3) is 11.4 Å². The van der Waals surface area contributed by atoms with Crippen molar-refractivity contribution < 1.29 is 14.2 Å². The molecule has 7 heteroatoms. The Hall–Kier alpha value is -3.19. The van der Waals surface area contributed by atoms with Gasteiger partial charge in [0.2, 0.25) is 0 Å². The summed E-state index contributed by atoms with van der Waals surface area (Å²) < 4.78 is 20.6. The number of likely N-dealkylation sites (N-methyl/N-ethyl adjacent to an activating group) is 1. The number of hydrogen-bond donors (Lipinski definition) is 0. The second-order valence-electron chi connectivity index (χ2n) is 8.33. The van der Waals surface area contributed by atoms with Crippen LogP contribution in [0.1, 0.15) is 25.7 Å². The minimum absolute atomic E-state index is 0.150. The summed E-state index contributed by atoms with van der Waals surface area (Å²) in [4.78, 5) is 15.2. The van der Waals surface area contributed by atoms with Gasteiger partial charge in [0.15, 0.2) is 11.5 Å². The third-order valence-electron chi connectivity index (χ3n) is 5.72. The van der Waals surface area contributed by atoms with Gasteiger partial charge in [-0.2, -0.15) is 0 Å². The summed E-state index contributed by atoms with van der Waals surface area (Å²) in [6, 6.07) is 13.1. The summed E-state index contributed by atoms with van der Waals surface area (Å²) >= 11 is 0. The molecule has 2 aromatic carbocycles. The van der Waals surface area contributed by atoms with Crippen LogP contribution < -0.4 is 19.9 Å². The first-order valence-corrected chi connectivity index (χ1v) is 11.1. The van der Waals surface area contributed by atoms with Crippen LogP contribution in [0.5, 0.6) is 17.2 Å². The molecule has 1 aliphatic carbocycles. The molecule has 1 aromatic heterocycles. The first-order valence-electron chi connectivity index (χ1n) is 11.1. The highest BCUT2D eigenvalue weighted by molar-refractivity contribution is 5.49. The number of hydrogen-bond acceptors (Lipinski definition) is 5. The standard InChI is InChI=1S/C25H31N3O4/c1-26(2)16-17-31-21-11-8-19(9-12-21)27-14-15-28(25(27)29)20-10-13-23(30-3)24(18-20)32-22-6-4-5-7-22/h8-15,18,22H,4-7,16-17H2,1-3H3. The quantitative estimate of drug-likeness (QED) is 0.508. The molecule has 7 nitrogen and oxygen atoms in total. The Morgan fingerprint density at radius 3 is 2.25 bits per heavy atom. The second kappa shape index (κ2) is 9.96. The molecular formula is C25H31N3O4. The number of nitrogens with zero attached hydrogens (tertiary/aromatic N) is 3. The van der Waals surface area contributed by atoms with E-state index in [-0.39, 0.29) is 11.8 Å². The molecule has 1 heterocycles. The van der Waals surface area contributed by atoms with Gasteiger partial charge in [-0.1, -0.05) is 0 Å². The third kappa shape index (κ3) is 4.99. The Morgan fingerprint density at radius 1 is 0.938 bits per heavy atom. The summed E-state index contributed by atoms with van der Waals surface area (Å²) in [7, 11) is 5.65. The average Bonchev–Trinajstić information content (AvgIpc) is 3.44. The Morgan fingerprint density at radius 2 is 1.59 bits per heavy atom. The van der Waals surface area contributed by atoms with E-state index in [0.717, 1.165) is 36.5 Å². The lowest BCUT2D eigenvalue weighted by Crippen LogP contribution is -2.22. The van der Waals surface area contributed by atoms with Crippen molar-refractivity contribution in [2.24, 2.45) is 0 Å². The molecule has 0 aliphatic heterocycles. The number of benzene rings is 2. The molecule has 0 spiro atoms. The highest BCUT2D eigenvalue weighted by Gasteiger charge is 2.19. The molecule has 0 atom stereocenters. The molecule has 0 unspecified atom stereocenters. The van der Waals surface area contributed by atoms with Crippen molar-refractivity contribution in [1.29, 1.82) is 0 Å². The highest BCUT2D eigenvalue weighted by Crippen LogP contribution is 2.33. The van der Waals surface area contributed by atoms with Crippen LogP contribution in [-0.2, 0) is 0 Å². The second-order valence-corrected chi connectivity index (χ2v) is 8.33. The fourth-order valence-electron chi connectivity index (χ4n) is 3.91. The lowest BCUT2D eigenvalue weighted by atomic mass is 10.2. The molecule has 170 valence electrons. The Labute approximate surface area is 188 Å². The van der Waals surface area contributed by atoms with Crippen molar-refractivity contribution in [1.82, 2.24) is 14.0 Å². The van der Waals surface area contributed by atoms with Crippen molar-refractivity contribution >= 4 is 0 Å². The van der Waals surface area contributed by atoms with Gasteiger partial charge in [0.25, 0.3) is 0 Å². The van der Waals surface area contributed by atoms with Crippen LogP contribution in [0.15, 0.2) is 59.7 Å². The molecule has 1 saturated carbocycles. The van der Waals surface area contributed by atoms with Crippen molar-refractivity contribution in [3.05, 3.63) is 65.3 Å². The molecule has 0 bridgehead atoms. The molecule has 32 heavy (non-hydrogen) atoms. The fraction of sp³-hybridized carbons (Fsp3) is 0.400. The zero-order valence-corrected chi connectivity index (χ0v) is 19.0. The van der Waals surface area contributed by atoms with E-state index in [4.69, 9.17) is 14.2 Å². The van der Waals surface area contributed by atoms with Gasteiger partial charge in [-0.05, 0) is 76.2 Å². The predicted octanol–water partition coefficient (Wildman–Crippen LogP) is 3.90. The van der Waals surface area contributed by atoms with Gasteiger partial charge >= 0.3 is 5.69 Å². The lowest BCUT2D eigenvalue weighted by Gasteiger charge is -2.17. The zero-order valence-electron chi connectivity index (χ0n) is 19.0. The SMILES string of the molecule is COc1ccc(-n2ccn(-c3ccc(OCCN(C)C)cc3)c2=O)cc1OC1CCCC1. The van der Waals surface area contributed by atoms with Crippen LogP contribution in [-0.4, -0.2) is 54.5 Å². The number of methoxy groups -OCH3 is 1. The minimum atomic E-state index is -0.150. The van der Waals surface area contributed by atoms with Gasteiger partial charge in [-0.3, -0.25) is 9.13 Å². The van der Waals surface area contributed by atoms with Crippen molar-refractivity contribution in [3.63, 3.8) is 0 Å². The Bertz CT molecular complexity index is 1080. The summed E-state index contributed by atoms with van der Waals surface area (Å²) in [5.74, 6) is 2.14. The maximum atomic E-state index is 13.1. The van der Waals surface area contributed by atoms with Crippen molar-refractivity contribution in [2.75, 3.05) is 34.4 Å². The van der Waals surface area contributed by atoms with Crippen molar-refractivity contribution in [3.8, 4) is 28.6 Å². The van der Waals surface area contributed by atoms with E-state index in [1.54, 1.807) is 28.6 Å². The summed E-state index contributed by atoms with van der Waals surface area (Å²) in [5, 5.41) is 0. The van der Waals surface area contributed by atoms with Gasteiger partial charge in [-0.15, -0.1) is 0 Å². The van der Waals surface area contributed by atoms with Crippen molar-refractivity contribution in [2.45, 2.75) is 31.8 Å². The van der Waals surface area contributed by atoms with E-state index in [1.807, 2.05) is 56.6 Å². The van der Waals surface area contributed by atoms with Gasteiger partial charge in [0.1, 0.15) is 12.4 Å². The maximum absolute atomic E-state index is 13.1. The number of rotatable bonds is 9. The van der Waals surface area contributed by atoms with Crippen LogP contribution in [0.4, 0.5) is 0 Å². The molecule has 0 N–H and O–H groups in total. The van der Waals surface area contributed by atoms with E-state index in [2.05, 4.69) is 4.90 Å². The van der Waals surface area contributed by atoms with Crippen LogP contribution in [0, 0.1) is 0 Å². The van der Waals surface area contributed by atoms with Crippen LogP contribution >= 0.6 is 0 Å². The smallest absolute Gasteiger partial charge is 0.337 e. The number of aromatic nitrogens is 2. The molecule has 0 saturated heterocycles. The molecule has 0 amide bonds. The number of ether oxygens (including phenoxy) is 3. The fourth-order valence-corrected chi connectivity index (χ4v) is 3.91. The van der Waals surface area contributed by atoms with E-state index < -0.39 is 0 Å². The molecule has 4 rings (SSSR count). The van der Waals surface area contributed by atoms with E-state index in [9.17, 15) is 4.79 Å². The first kappa shape index (κ1) is 22.0. The Balaban J connectivity index is 1.54. The maximum Gasteiger partial charge on any atom is 0.337 e. The third-order valence-corrected chi connectivity index (χ3v) is 5.72. The van der Waals surface area contributed by atoms with E-state index in [1.165, 1.54) is 12.8 Å². The normalized spacial score (nSPS) is 14.1. The molecule has 1 aliphatic rings. The minimum Gasteiger partial charge on any atom is -0.493 e. The largest absolute Gasteiger partial charge is 0.493 e. The van der Waals surface area contributed by atoms with E-state index in [0.29, 0.717) is 18.1 Å². The topological polar surface area (TPSA) is 57.9 Å². The monoisotopic (exact) mass is 437 g/mol. The summed E-state index contributed by atoms with van der Waals surface area (Å²) in [6.07, 6.45) is 8.23. The van der Waals surface area contributed by atoms with E-state index >= 15 is 0 Å². The van der Waals surface area contributed by atoms with Gasteiger partial charge in [0, 0.05) is 25.0 Å². The van der Waals surface area contributed by atoms with Crippen LogP contribution in [0.3, 0.4) is 0 Å². The summed E-state index contributed by atoms with van der Waals surface area (Å²) in [5.41, 5.74) is 1.37. The number of imidazole rings is 1. The first-order chi connectivity index (χ1) is 15.5. The predicted molar refractivity (Wildman–Crippen MR) is 125 cm³/mol. The molecular weight excluding hydrogens is 406 g/mol. The Kier molecular flexibility index (Phi) is 6.85. The zero-order chi connectivity index (χ0) is 22.5. The van der Waals surface area contributed by atoms with Gasteiger partial charge < -0.3 is 19.1 Å². The average molecular weight is 438 g/mol. The van der Waals surface area contributed by atoms with Crippen LogP contribution in [0.2, 0.25) is 0 Å². The van der Waals surface area contributed by atoms with Gasteiger partial charge in [0.05, 0.1) is 24.6 Å². The lowest BCUT2D eigenvalue weighted by molar-refractivity contribution is 0.201. The van der Waals surface area contributed by atoms with Gasteiger partial charge in [-0.25, -0.2) is 4.79 Å².